The number of aliphatic imine (C=N–C) groups is 1. The molecule has 2 aliphatic rings. The average molecular weight is 353 g/mol. The van der Waals surface area contributed by atoms with Crippen molar-refractivity contribution in [2.24, 2.45) is 10.9 Å². The summed E-state index contributed by atoms with van der Waals surface area (Å²) in [5.41, 5.74) is 0.962. The Morgan fingerprint density at radius 3 is 2.79 bits per heavy atom. The number of hydrogen-bond donors (Lipinski definition) is 1. The standard InChI is InChI=1S/C16H27N5O2S/c1-13(2)9-18-16(19-10-14-4-7-24(22,23)12-14)21-6-5-20(3)15(8-17)11-21/h14-15H,1,4-7,9-12H2,2-3H3,(H,18,19). The quantitative estimate of drug-likeness (QED) is 0.437. The summed E-state index contributed by atoms with van der Waals surface area (Å²) in [6.45, 7) is 9.10. The molecule has 1 N–H and O–H groups in total. The number of likely N-dealkylation sites (N-methyl/N-ethyl adjacent to an activating group) is 1. The van der Waals surface area contributed by atoms with E-state index in [1.54, 1.807) is 0 Å². The van der Waals surface area contributed by atoms with Gasteiger partial charge in [-0.25, -0.2) is 13.4 Å². The summed E-state index contributed by atoms with van der Waals surface area (Å²) in [4.78, 5) is 8.71. The molecule has 0 aromatic carbocycles. The van der Waals surface area contributed by atoms with E-state index in [-0.39, 0.29) is 23.5 Å². The molecule has 2 aliphatic heterocycles. The summed E-state index contributed by atoms with van der Waals surface area (Å²) in [6.07, 6.45) is 0.701. The lowest BCUT2D eigenvalue weighted by Gasteiger charge is -2.38. The average Bonchev–Trinajstić information content (AvgIpc) is 2.87. The minimum Gasteiger partial charge on any atom is -0.356 e. The molecule has 24 heavy (non-hydrogen) atoms. The highest BCUT2D eigenvalue weighted by atomic mass is 32.2. The number of hydrogen-bond acceptors (Lipinski definition) is 5. The third-order valence-electron chi connectivity index (χ3n) is 4.47. The Kier molecular flexibility index (Phi) is 6.24. The van der Waals surface area contributed by atoms with E-state index in [2.05, 4.69) is 27.9 Å². The molecule has 2 heterocycles. The van der Waals surface area contributed by atoms with Gasteiger partial charge in [-0.15, -0.1) is 0 Å². The molecule has 0 amide bonds. The molecule has 7 nitrogen and oxygen atoms in total. The first-order chi connectivity index (χ1) is 11.3. The monoisotopic (exact) mass is 353 g/mol. The zero-order valence-corrected chi connectivity index (χ0v) is 15.3. The van der Waals surface area contributed by atoms with Crippen molar-refractivity contribution in [2.75, 3.05) is 51.3 Å². The van der Waals surface area contributed by atoms with Gasteiger partial charge in [-0.05, 0) is 26.3 Å². The first-order valence-corrected chi connectivity index (χ1v) is 10.1. The van der Waals surface area contributed by atoms with Crippen molar-refractivity contribution in [1.29, 1.82) is 5.26 Å². The van der Waals surface area contributed by atoms with Gasteiger partial charge in [0.25, 0.3) is 0 Å². The van der Waals surface area contributed by atoms with E-state index in [0.29, 0.717) is 26.1 Å². The number of guanidine groups is 1. The predicted octanol–water partition coefficient (Wildman–Crippen LogP) is 0.0824. The smallest absolute Gasteiger partial charge is 0.194 e. The number of sulfone groups is 1. The molecule has 0 aliphatic carbocycles. The summed E-state index contributed by atoms with van der Waals surface area (Å²) >= 11 is 0. The van der Waals surface area contributed by atoms with E-state index in [1.807, 2.05) is 18.9 Å². The van der Waals surface area contributed by atoms with E-state index in [4.69, 9.17) is 0 Å². The number of nitriles is 1. The van der Waals surface area contributed by atoms with Crippen LogP contribution in [-0.2, 0) is 9.84 Å². The Labute approximate surface area is 144 Å². The first kappa shape index (κ1) is 18.7. The van der Waals surface area contributed by atoms with E-state index in [0.717, 1.165) is 24.6 Å². The summed E-state index contributed by atoms with van der Waals surface area (Å²) in [5.74, 6) is 1.40. The second-order valence-corrected chi connectivity index (χ2v) is 9.05. The molecule has 0 saturated carbocycles. The van der Waals surface area contributed by atoms with E-state index < -0.39 is 9.84 Å². The maximum atomic E-state index is 11.6. The molecule has 2 unspecified atom stereocenters. The van der Waals surface area contributed by atoms with Crippen LogP contribution in [0.5, 0.6) is 0 Å². The molecule has 0 spiro atoms. The molecule has 0 bridgehead atoms. The SMILES string of the molecule is C=C(C)CN=C(NCC1CCS(=O)(=O)C1)N1CCN(C)C(C#N)C1. The largest absolute Gasteiger partial charge is 0.356 e. The topological polar surface area (TPSA) is 88.8 Å². The lowest BCUT2D eigenvalue weighted by Crippen LogP contribution is -2.56. The van der Waals surface area contributed by atoms with Crippen molar-refractivity contribution in [1.82, 2.24) is 15.1 Å². The van der Waals surface area contributed by atoms with Gasteiger partial charge in [-0.1, -0.05) is 12.2 Å². The molecule has 134 valence electrons. The fourth-order valence-corrected chi connectivity index (χ4v) is 4.81. The second-order valence-electron chi connectivity index (χ2n) is 6.82. The fraction of sp³-hybridized carbons (Fsp3) is 0.750. The third kappa shape index (κ3) is 5.21. The van der Waals surface area contributed by atoms with Crippen molar-refractivity contribution in [3.63, 3.8) is 0 Å². The van der Waals surface area contributed by atoms with E-state index in [9.17, 15) is 13.7 Å². The summed E-state index contributed by atoms with van der Waals surface area (Å²) in [7, 11) is -0.920. The highest BCUT2D eigenvalue weighted by Crippen LogP contribution is 2.17. The highest BCUT2D eigenvalue weighted by molar-refractivity contribution is 7.91. The van der Waals surface area contributed by atoms with Crippen LogP contribution in [0, 0.1) is 17.2 Å². The Morgan fingerprint density at radius 1 is 1.46 bits per heavy atom. The Morgan fingerprint density at radius 2 is 2.21 bits per heavy atom. The van der Waals surface area contributed by atoms with Crippen LogP contribution in [0.2, 0.25) is 0 Å². The molecule has 0 aromatic rings. The van der Waals surface area contributed by atoms with Crippen LogP contribution in [0.3, 0.4) is 0 Å². The van der Waals surface area contributed by atoms with Crippen LogP contribution in [0.4, 0.5) is 0 Å². The first-order valence-electron chi connectivity index (χ1n) is 8.28. The van der Waals surface area contributed by atoms with Crippen LogP contribution in [0.1, 0.15) is 13.3 Å². The van der Waals surface area contributed by atoms with E-state index in [1.165, 1.54) is 0 Å². The van der Waals surface area contributed by atoms with Gasteiger partial charge in [0.1, 0.15) is 6.04 Å². The van der Waals surface area contributed by atoms with Gasteiger partial charge in [0, 0.05) is 26.2 Å². The van der Waals surface area contributed by atoms with Gasteiger partial charge in [0.15, 0.2) is 15.8 Å². The zero-order valence-electron chi connectivity index (χ0n) is 14.5. The Hall–Kier alpha value is -1.59. The van der Waals surface area contributed by atoms with Crippen molar-refractivity contribution in [3.8, 4) is 6.07 Å². The summed E-state index contributed by atoms with van der Waals surface area (Å²) < 4.78 is 23.2. The molecule has 2 saturated heterocycles. The zero-order chi connectivity index (χ0) is 17.7. The van der Waals surface area contributed by atoms with Crippen LogP contribution in [-0.4, -0.2) is 81.5 Å². The minimum absolute atomic E-state index is 0.129. The third-order valence-corrected chi connectivity index (χ3v) is 6.31. The van der Waals surface area contributed by atoms with Crippen molar-refractivity contribution in [3.05, 3.63) is 12.2 Å². The maximum Gasteiger partial charge on any atom is 0.194 e. The molecular weight excluding hydrogens is 326 g/mol. The van der Waals surface area contributed by atoms with Crippen molar-refractivity contribution in [2.45, 2.75) is 19.4 Å². The molecule has 2 fully saturated rings. The van der Waals surface area contributed by atoms with Gasteiger partial charge in [0.05, 0.1) is 24.1 Å². The van der Waals surface area contributed by atoms with Gasteiger partial charge in [-0.2, -0.15) is 5.26 Å². The second kappa shape index (κ2) is 7.99. The van der Waals surface area contributed by atoms with Crippen LogP contribution in [0.25, 0.3) is 0 Å². The van der Waals surface area contributed by atoms with Gasteiger partial charge in [0.2, 0.25) is 0 Å². The Bertz CT molecular complexity index is 637. The van der Waals surface area contributed by atoms with Crippen molar-refractivity contribution >= 4 is 15.8 Å². The van der Waals surface area contributed by atoms with Crippen molar-refractivity contribution < 1.29 is 8.42 Å². The van der Waals surface area contributed by atoms with Crippen LogP contribution < -0.4 is 5.32 Å². The van der Waals surface area contributed by atoms with E-state index >= 15 is 0 Å². The van der Waals surface area contributed by atoms with Gasteiger partial charge < -0.3 is 10.2 Å². The normalized spacial score (nSPS) is 27.7. The predicted molar refractivity (Wildman–Crippen MR) is 95.5 cm³/mol. The molecule has 8 heteroatoms. The maximum absolute atomic E-state index is 11.6. The number of nitrogens with zero attached hydrogens (tertiary/aromatic N) is 4. The minimum atomic E-state index is -2.87. The molecule has 0 radical (unpaired) electrons. The highest BCUT2D eigenvalue weighted by Gasteiger charge is 2.29. The summed E-state index contributed by atoms with van der Waals surface area (Å²) in [5, 5.41) is 12.6. The fourth-order valence-electron chi connectivity index (χ4n) is 2.95. The molecular formula is C16H27N5O2S. The lowest BCUT2D eigenvalue weighted by atomic mass is 10.1. The molecule has 0 aromatic heterocycles. The number of piperazine rings is 1. The molecule has 2 rings (SSSR count). The summed E-state index contributed by atoms with van der Waals surface area (Å²) in [6, 6.07) is 2.15. The molecule has 2 atom stereocenters. The van der Waals surface area contributed by atoms with Crippen LogP contribution in [0.15, 0.2) is 17.1 Å². The lowest BCUT2D eigenvalue weighted by molar-refractivity contribution is 0.171. The number of rotatable bonds is 4. The van der Waals surface area contributed by atoms with Gasteiger partial charge >= 0.3 is 0 Å². The Balaban J connectivity index is 2.01. The van der Waals surface area contributed by atoms with Crippen LogP contribution >= 0.6 is 0 Å². The number of nitrogens with one attached hydrogen (secondary N) is 1. The van der Waals surface area contributed by atoms with Gasteiger partial charge in [-0.3, -0.25) is 4.90 Å².